The molecule has 0 aromatic carbocycles. The summed E-state index contributed by atoms with van der Waals surface area (Å²) in [5, 5.41) is 7.09. The molecule has 0 radical (unpaired) electrons. The third kappa shape index (κ3) is 4.87. The molecule has 1 aromatic rings. The van der Waals surface area contributed by atoms with Crippen LogP contribution in [0.3, 0.4) is 0 Å². The van der Waals surface area contributed by atoms with E-state index in [1.54, 1.807) is 13.0 Å². The van der Waals surface area contributed by atoms with Crippen molar-refractivity contribution in [3.63, 3.8) is 0 Å². The zero-order valence-corrected chi connectivity index (χ0v) is 13.9. The first-order valence-electron chi connectivity index (χ1n) is 8.17. The third-order valence-electron chi connectivity index (χ3n) is 3.74. The molecule has 128 valence electrons. The number of aromatic nitrogens is 2. The fraction of sp³-hybridized carbons (Fsp3) is 0.688. The van der Waals surface area contributed by atoms with Crippen molar-refractivity contribution in [3.8, 4) is 0 Å². The molecule has 1 aromatic heterocycles. The summed E-state index contributed by atoms with van der Waals surface area (Å²) < 4.78 is 12.0. The Morgan fingerprint density at radius 3 is 2.57 bits per heavy atom. The molecule has 0 spiro atoms. The third-order valence-corrected chi connectivity index (χ3v) is 3.74. The van der Waals surface area contributed by atoms with E-state index < -0.39 is 12.3 Å². The molecule has 1 atom stereocenters. The topological polar surface area (TPSA) is 82.5 Å². The first kappa shape index (κ1) is 17.6. The van der Waals surface area contributed by atoms with Gasteiger partial charge < -0.3 is 14.8 Å². The summed E-state index contributed by atoms with van der Waals surface area (Å²) in [7, 11) is 0. The van der Waals surface area contributed by atoms with Gasteiger partial charge in [-0.05, 0) is 39.7 Å². The molecule has 1 amide bonds. The number of hydrogen-bond acceptors (Lipinski definition) is 5. The van der Waals surface area contributed by atoms with Crippen LogP contribution in [-0.2, 0) is 14.3 Å². The first-order valence-corrected chi connectivity index (χ1v) is 8.17. The number of hydrogen-bond donors (Lipinski definition) is 1. The summed E-state index contributed by atoms with van der Waals surface area (Å²) in [5.74, 6) is 0.148. The molecule has 1 heterocycles. The van der Waals surface area contributed by atoms with Gasteiger partial charge in [0.2, 0.25) is 5.91 Å². The van der Waals surface area contributed by atoms with Gasteiger partial charge in [-0.3, -0.25) is 9.59 Å². The second kappa shape index (κ2) is 8.21. The first-order chi connectivity index (χ1) is 11.1. The molecule has 1 aliphatic rings. The maximum atomic E-state index is 12.3. The highest BCUT2D eigenvalue weighted by atomic mass is 16.7. The normalized spacial score (nSPS) is 15.7. The maximum absolute atomic E-state index is 12.3. The van der Waals surface area contributed by atoms with E-state index in [1.807, 2.05) is 13.8 Å². The van der Waals surface area contributed by atoms with Gasteiger partial charge >= 0.3 is 0 Å². The Labute approximate surface area is 136 Å². The highest BCUT2D eigenvalue weighted by Crippen LogP contribution is 2.38. The van der Waals surface area contributed by atoms with Crippen molar-refractivity contribution in [1.82, 2.24) is 15.1 Å². The van der Waals surface area contributed by atoms with Crippen molar-refractivity contribution in [1.29, 1.82) is 0 Å². The quantitative estimate of drug-likeness (QED) is 0.691. The molecule has 7 heteroatoms. The second-order valence-corrected chi connectivity index (χ2v) is 5.58. The van der Waals surface area contributed by atoms with E-state index in [-0.39, 0.29) is 18.0 Å². The minimum absolute atomic E-state index is 0.238. The van der Waals surface area contributed by atoms with Crippen molar-refractivity contribution >= 4 is 5.91 Å². The summed E-state index contributed by atoms with van der Waals surface area (Å²) in [6.45, 7) is 6.63. The Morgan fingerprint density at radius 2 is 2.00 bits per heavy atom. The summed E-state index contributed by atoms with van der Waals surface area (Å²) in [5.41, 5.74) is 0.606. The molecule has 23 heavy (non-hydrogen) atoms. The fourth-order valence-corrected chi connectivity index (χ4v) is 2.29. The number of rotatable bonds is 9. The van der Waals surface area contributed by atoms with Gasteiger partial charge in [-0.25, -0.2) is 4.68 Å². The van der Waals surface area contributed by atoms with E-state index in [2.05, 4.69) is 10.4 Å². The summed E-state index contributed by atoms with van der Waals surface area (Å²) in [4.78, 5) is 24.3. The largest absolute Gasteiger partial charge is 0.351 e. The summed E-state index contributed by atoms with van der Waals surface area (Å²) >= 11 is 0. The van der Waals surface area contributed by atoms with Gasteiger partial charge in [-0.15, -0.1) is 0 Å². The van der Waals surface area contributed by atoms with E-state index in [9.17, 15) is 9.59 Å². The van der Waals surface area contributed by atoms with Crippen LogP contribution in [0, 0.1) is 0 Å². The molecular weight excluding hydrogens is 298 g/mol. The van der Waals surface area contributed by atoms with Crippen LogP contribution in [-0.4, -0.2) is 41.7 Å². The van der Waals surface area contributed by atoms with Gasteiger partial charge in [0, 0.05) is 25.2 Å². The predicted octanol–water partition coefficient (Wildman–Crippen LogP) is 1.20. The highest BCUT2D eigenvalue weighted by Gasteiger charge is 2.27. The van der Waals surface area contributed by atoms with E-state index in [4.69, 9.17) is 9.47 Å². The highest BCUT2D eigenvalue weighted by molar-refractivity contribution is 5.79. The number of amides is 1. The monoisotopic (exact) mass is 323 g/mol. The minimum Gasteiger partial charge on any atom is -0.351 e. The summed E-state index contributed by atoms with van der Waals surface area (Å²) in [6.07, 6.45) is 1.70. The average molecular weight is 323 g/mol. The maximum Gasteiger partial charge on any atom is 0.267 e. The van der Waals surface area contributed by atoms with E-state index in [0.717, 1.165) is 18.5 Å². The zero-order valence-electron chi connectivity index (χ0n) is 13.9. The van der Waals surface area contributed by atoms with Crippen molar-refractivity contribution < 1.29 is 14.3 Å². The Bertz CT molecular complexity index is 577. The van der Waals surface area contributed by atoms with Crippen LogP contribution < -0.4 is 10.9 Å². The Kier molecular flexibility index (Phi) is 6.29. The molecule has 1 fully saturated rings. The molecule has 1 unspecified atom stereocenters. The molecule has 0 saturated heterocycles. The van der Waals surface area contributed by atoms with Gasteiger partial charge in [0.05, 0.1) is 12.2 Å². The molecule has 7 nitrogen and oxygen atoms in total. The Morgan fingerprint density at radius 1 is 1.35 bits per heavy atom. The standard InChI is InChI=1S/C16H25N3O4/c1-4-22-15(23-5-2)10-17-16(21)11(3)19-14(20)9-8-13(18-19)12-6-7-12/h8-9,11-12,15H,4-7,10H2,1-3H3,(H,17,21). The molecule has 1 aliphatic carbocycles. The van der Waals surface area contributed by atoms with Crippen molar-refractivity contribution in [2.45, 2.75) is 51.9 Å². The molecule has 2 rings (SSSR count). The van der Waals surface area contributed by atoms with Crippen LogP contribution in [0.5, 0.6) is 0 Å². The smallest absolute Gasteiger partial charge is 0.267 e. The van der Waals surface area contributed by atoms with Gasteiger partial charge in [0.1, 0.15) is 6.04 Å². The van der Waals surface area contributed by atoms with Crippen molar-refractivity contribution in [2.24, 2.45) is 0 Å². The molecule has 0 aliphatic heterocycles. The number of nitrogens with one attached hydrogen (secondary N) is 1. The van der Waals surface area contributed by atoms with Crippen LogP contribution in [0.2, 0.25) is 0 Å². The lowest BCUT2D eigenvalue weighted by Gasteiger charge is -2.19. The molecule has 1 saturated carbocycles. The van der Waals surface area contributed by atoms with E-state index >= 15 is 0 Å². The van der Waals surface area contributed by atoms with Gasteiger partial charge in [0.25, 0.3) is 5.56 Å². The zero-order chi connectivity index (χ0) is 16.8. The van der Waals surface area contributed by atoms with Gasteiger partial charge in [0.15, 0.2) is 6.29 Å². The predicted molar refractivity (Wildman–Crippen MR) is 85.2 cm³/mol. The lowest BCUT2D eigenvalue weighted by molar-refractivity contribution is -0.141. The molecule has 0 bridgehead atoms. The van der Waals surface area contributed by atoms with E-state index in [1.165, 1.54) is 10.7 Å². The number of carbonyl (C=O) groups is 1. The molecule has 1 N–H and O–H groups in total. The number of nitrogens with zero attached hydrogens (tertiary/aromatic N) is 2. The second-order valence-electron chi connectivity index (χ2n) is 5.58. The van der Waals surface area contributed by atoms with Crippen molar-refractivity contribution in [2.75, 3.05) is 19.8 Å². The lowest BCUT2D eigenvalue weighted by atomic mass is 10.2. The SMILES string of the molecule is CCOC(CNC(=O)C(C)n1nc(C2CC2)ccc1=O)OCC. The number of ether oxygens (including phenoxy) is 2. The average Bonchev–Trinajstić information content (AvgIpc) is 3.37. The van der Waals surface area contributed by atoms with Crippen LogP contribution in [0.25, 0.3) is 0 Å². The Balaban J connectivity index is 1.98. The van der Waals surface area contributed by atoms with Gasteiger partial charge in [-0.1, -0.05) is 0 Å². The number of carbonyl (C=O) groups excluding carboxylic acids is 1. The van der Waals surface area contributed by atoms with Crippen LogP contribution in [0.1, 0.15) is 51.3 Å². The minimum atomic E-state index is -0.676. The Hall–Kier alpha value is -1.73. The lowest BCUT2D eigenvalue weighted by Crippen LogP contribution is -2.41. The van der Waals surface area contributed by atoms with Crippen LogP contribution in [0.4, 0.5) is 0 Å². The van der Waals surface area contributed by atoms with Crippen LogP contribution >= 0.6 is 0 Å². The summed E-state index contributed by atoms with van der Waals surface area (Å²) in [6, 6.07) is 2.56. The fourth-order valence-electron chi connectivity index (χ4n) is 2.29. The van der Waals surface area contributed by atoms with Crippen molar-refractivity contribution in [3.05, 3.63) is 28.2 Å². The van der Waals surface area contributed by atoms with E-state index in [0.29, 0.717) is 19.1 Å². The van der Waals surface area contributed by atoms with Gasteiger partial charge in [-0.2, -0.15) is 5.10 Å². The van der Waals surface area contributed by atoms with Crippen LogP contribution in [0.15, 0.2) is 16.9 Å². The molecular formula is C16H25N3O4.